The van der Waals surface area contributed by atoms with E-state index in [1.807, 2.05) is 23.9 Å². The van der Waals surface area contributed by atoms with E-state index >= 15 is 0 Å². The molecule has 1 aliphatic rings. The number of rotatable bonds is 5. The van der Waals surface area contributed by atoms with Crippen LogP contribution in [0.4, 0.5) is 0 Å². The Labute approximate surface area is 138 Å². The van der Waals surface area contributed by atoms with E-state index in [4.69, 9.17) is 10.5 Å². The van der Waals surface area contributed by atoms with E-state index in [2.05, 4.69) is 46.3 Å². The van der Waals surface area contributed by atoms with Crippen LogP contribution in [-0.2, 0) is 6.42 Å². The highest BCUT2D eigenvalue weighted by Crippen LogP contribution is 2.39. The first-order valence-corrected chi connectivity index (χ1v) is 8.89. The van der Waals surface area contributed by atoms with Gasteiger partial charge in [0.25, 0.3) is 0 Å². The third kappa shape index (κ3) is 3.44. The molecule has 2 aromatic rings. The number of halogens is 1. The second-order valence-corrected chi connectivity index (χ2v) is 7.12. The lowest BCUT2D eigenvalue weighted by Crippen LogP contribution is -2.12. The summed E-state index contributed by atoms with van der Waals surface area (Å²) in [6, 6.07) is 14.8. The summed E-state index contributed by atoms with van der Waals surface area (Å²) in [7, 11) is 0. The van der Waals surface area contributed by atoms with Gasteiger partial charge in [0.05, 0.1) is 6.61 Å². The largest absolute Gasteiger partial charge is 0.493 e. The number of nitrogens with two attached hydrogens (primary N) is 1. The number of hydrogen-bond acceptors (Lipinski definition) is 3. The number of thioether (sulfide) groups is 1. The Bertz CT molecular complexity index is 632. The Hall–Kier alpha value is -0.970. The van der Waals surface area contributed by atoms with Gasteiger partial charge in [0.2, 0.25) is 0 Å². The molecule has 0 radical (unpaired) electrons. The van der Waals surface area contributed by atoms with Crippen LogP contribution in [0.3, 0.4) is 0 Å². The molecule has 0 spiro atoms. The van der Waals surface area contributed by atoms with Gasteiger partial charge in [0, 0.05) is 21.0 Å². The molecule has 4 heteroatoms. The van der Waals surface area contributed by atoms with Crippen LogP contribution >= 0.6 is 27.7 Å². The van der Waals surface area contributed by atoms with E-state index in [9.17, 15) is 0 Å². The first-order chi connectivity index (χ1) is 10.3. The van der Waals surface area contributed by atoms with Crippen LogP contribution in [0.2, 0.25) is 0 Å². The maximum Gasteiger partial charge on any atom is 0.122 e. The van der Waals surface area contributed by atoms with Crippen LogP contribution in [0, 0.1) is 0 Å². The van der Waals surface area contributed by atoms with Crippen molar-refractivity contribution in [1.82, 2.24) is 0 Å². The molecule has 0 saturated heterocycles. The molecule has 3 rings (SSSR count). The summed E-state index contributed by atoms with van der Waals surface area (Å²) in [6.45, 7) is 1.36. The zero-order valence-electron chi connectivity index (χ0n) is 11.7. The van der Waals surface area contributed by atoms with E-state index in [1.54, 1.807) is 0 Å². The highest BCUT2D eigenvalue weighted by Gasteiger charge is 2.23. The topological polar surface area (TPSA) is 35.2 Å². The Morgan fingerprint density at radius 1 is 1.24 bits per heavy atom. The minimum atomic E-state index is 0.473. The fraction of sp³-hybridized carbons (Fsp3) is 0.294. The monoisotopic (exact) mass is 363 g/mol. The molecule has 21 heavy (non-hydrogen) atoms. The van der Waals surface area contributed by atoms with Crippen molar-refractivity contribution in [3.8, 4) is 5.75 Å². The maximum absolute atomic E-state index is 6.10. The number of ether oxygens (including phenoxy) is 1. The van der Waals surface area contributed by atoms with E-state index in [1.165, 1.54) is 16.0 Å². The van der Waals surface area contributed by atoms with Crippen molar-refractivity contribution >= 4 is 27.7 Å². The van der Waals surface area contributed by atoms with Gasteiger partial charge in [-0.05, 0) is 48.4 Å². The lowest BCUT2D eigenvalue weighted by molar-refractivity contribution is 0.295. The van der Waals surface area contributed by atoms with Gasteiger partial charge in [-0.1, -0.05) is 34.1 Å². The molecule has 0 amide bonds. The van der Waals surface area contributed by atoms with E-state index in [0.717, 1.165) is 29.0 Å². The average Bonchev–Trinajstić information content (AvgIpc) is 2.90. The normalized spacial score (nSPS) is 16.8. The molecule has 1 heterocycles. The summed E-state index contributed by atoms with van der Waals surface area (Å²) in [5.41, 5.74) is 8.28. The van der Waals surface area contributed by atoms with Gasteiger partial charge in [-0.2, -0.15) is 0 Å². The third-order valence-corrected chi connectivity index (χ3v) is 5.42. The molecule has 2 aromatic carbocycles. The molecule has 0 aliphatic carbocycles. The van der Waals surface area contributed by atoms with Gasteiger partial charge in [-0.15, -0.1) is 11.8 Å². The van der Waals surface area contributed by atoms with Crippen molar-refractivity contribution in [2.45, 2.75) is 17.2 Å². The molecule has 1 aliphatic heterocycles. The molecule has 0 fully saturated rings. The highest BCUT2D eigenvalue weighted by atomic mass is 79.9. The third-order valence-electron chi connectivity index (χ3n) is 3.68. The molecule has 1 atom stereocenters. The van der Waals surface area contributed by atoms with Crippen LogP contribution in [-0.4, -0.2) is 18.9 Å². The van der Waals surface area contributed by atoms with E-state index in [0.29, 0.717) is 12.5 Å². The summed E-state index contributed by atoms with van der Waals surface area (Å²) in [5, 5.41) is 0. The maximum atomic E-state index is 6.10. The van der Waals surface area contributed by atoms with Crippen LogP contribution < -0.4 is 10.5 Å². The van der Waals surface area contributed by atoms with Gasteiger partial charge < -0.3 is 10.5 Å². The van der Waals surface area contributed by atoms with Crippen molar-refractivity contribution in [3.63, 3.8) is 0 Å². The van der Waals surface area contributed by atoms with E-state index in [-0.39, 0.29) is 0 Å². The predicted molar refractivity (Wildman–Crippen MR) is 92.3 cm³/mol. The second kappa shape index (κ2) is 6.86. The molecular weight excluding hydrogens is 346 g/mol. The number of fused-ring (bicyclic) bond motifs is 1. The minimum Gasteiger partial charge on any atom is -0.493 e. The van der Waals surface area contributed by atoms with Gasteiger partial charge in [-0.25, -0.2) is 0 Å². The quantitative estimate of drug-likeness (QED) is 0.863. The summed E-state index contributed by atoms with van der Waals surface area (Å²) in [4.78, 5) is 1.39. The molecule has 110 valence electrons. The van der Waals surface area contributed by atoms with Crippen molar-refractivity contribution in [3.05, 3.63) is 58.1 Å². The lowest BCUT2D eigenvalue weighted by atomic mass is 10.0. The minimum absolute atomic E-state index is 0.473. The summed E-state index contributed by atoms with van der Waals surface area (Å²) < 4.78 is 7.17. The lowest BCUT2D eigenvalue weighted by Gasteiger charge is -2.15. The van der Waals surface area contributed by atoms with Crippen molar-refractivity contribution in [2.75, 3.05) is 18.9 Å². The molecule has 2 N–H and O–H groups in total. The van der Waals surface area contributed by atoms with Crippen LogP contribution in [0.25, 0.3) is 0 Å². The zero-order valence-corrected chi connectivity index (χ0v) is 14.1. The Morgan fingerprint density at radius 3 is 2.95 bits per heavy atom. The molecular formula is C17H18BrNOS. The standard InChI is InChI=1S/C17H18BrNOS/c18-14-5-6-16(12(9-14)7-8-19)20-10-13-11-21-17-4-2-1-3-15(13)17/h1-6,9,13H,7-8,10-11,19H2. The first-order valence-electron chi connectivity index (χ1n) is 7.11. The second-order valence-electron chi connectivity index (χ2n) is 5.15. The highest BCUT2D eigenvalue weighted by molar-refractivity contribution is 9.10. The molecule has 0 saturated carbocycles. The summed E-state index contributed by atoms with van der Waals surface area (Å²) in [6.07, 6.45) is 0.838. The van der Waals surface area contributed by atoms with Crippen molar-refractivity contribution < 1.29 is 4.74 Å². The van der Waals surface area contributed by atoms with Gasteiger partial charge in [-0.3, -0.25) is 0 Å². The van der Waals surface area contributed by atoms with E-state index < -0.39 is 0 Å². The fourth-order valence-electron chi connectivity index (χ4n) is 2.60. The Morgan fingerprint density at radius 2 is 2.10 bits per heavy atom. The number of hydrogen-bond donors (Lipinski definition) is 1. The Balaban J connectivity index is 1.71. The number of benzene rings is 2. The van der Waals surface area contributed by atoms with Gasteiger partial charge in [0.15, 0.2) is 0 Å². The van der Waals surface area contributed by atoms with Crippen LogP contribution in [0.1, 0.15) is 17.0 Å². The SMILES string of the molecule is NCCc1cc(Br)ccc1OCC1CSc2ccccc21. The first kappa shape index (κ1) is 14.9. The van der Waals surface area contributed by atoms with Crippen molar-refractivity contribution in [2.24, 2.45) is 5.73 Å². The summed E-state index contributed by atoms with van der Waals surface area (Å²) >= 11 is 5.43. The molecule has 1 unspecified atom stereocenters. The van der Waals surface area contributed by atoms with Crippen LogP contribution in [0.5, 0.6) is 5.75 Å². The predicted octanol–water partition coefficient (Wildman–Crippen LogP) is 4.22. The fourth-order valence-corrected chi connectivity index (χ4v) is 4.24. The summed E-state index contributed by atoms with van der Waals surface area (Å²) in [5.74, 6) is 2.53. The zero-order chi connectivity index (χ0) is 14.7. The van der Waals surface area contributed by atoms with Crippen molar-refractivity contribution in [1.29, 1.82) is 0 Å². The smallest absolute Gasteiger partial charge is 0.122 e. The molecule has 0 aromatic heterocycles. The van der Waals surface area contributed by atoms with Gasteiger partial charge in [0.1, 0.15) is 5.75 Å². The van der Waals surface area contributed by atoms with Crippen LogP contribution in [0.15, 0.2) is 51.8 Å². The average molecular weight is 364 g/mol. The Kier molecular flexibility index (Phi) is 4.88. The van der Waals surface area contributed by atoms with Gasteiger partial charge >= 0.3 is 0 Å². The molecule has 2 nitrogen and oxygen atoms in total. The molecule has 0 bridgehead atoms.